The van der Waals surface area contributed by atoms with Crippen molar-refractivity contribution in [2.75, 3.05) is 37.9 Å². The maximum absolute atomic E-state index is 13.4. The number of sulfonamides is 1. The average molecular weight is 478 g/mol. The van der Waals surface area contributed by atoms with Gasteiger partial charge in [0.05, 0.1) is 25.7 Å². The van der Waals surface area contributed by atoms with Crippen LogP contribution in [0.2, 0.25) is 0 Å². The van der Waals surface area contributed by atoms with Gasteiger partial charge < -0.3 is 19.7 Å². The van der Waals surface area contributed by atoms with Crippen LogP contribution in [-0.2, 0) is 26.2 Å². The highest BCUT2D eigenvalue weighted by atomic mass is 32.2. The number of nitrogens with one attached hydrogen (secondary N) is 1. The van der Waals surface area contributed by atoms with Gasteiger partial charge in [0, 0.05) is 13.6 Å². The van der Waals surface area contributed by atoms with Crippen LogP contribution < -0.4 is 19.1 Å². The summed E-state index contributed by atoms with van der Waals surface area (Å²) in [5.74, 6) is 0.0466. The van der Waals surface area contributed by atoms with E-state index in [1.165, 1.54) is 19.1 Å². The Kier molecular flexibility index (Phi) is 9.10. The second-order valence-electron chi connectivity index (χ2n) is 7.33. The molecule has 0 spiro atoms. The van der Waals surface area contributed by atoms with Gasteiger partial charge in [-0.05, 0) is 43.7 Å². The number of hydrogen-bond donors (Lipinski definition) is 1. The van der Waals surface area contributed by atoms with Crippen LogP contribution in [-0.4, -0.2) is 64.7 Å². The minimum Gasteiger partial charge on any atom is -0.497 e. The average Bonchev–Trinajstić information content (AvgIpc) is 2.80. The standard InChI is InChI=1S/C23H31N3O6S/c1-6-32-21-13-8-7-12-20(21)26(33(5,29)30)16-22(27)25(17(2)23(28)24-3)15-18-10-9-11-19(14-18)31-4/h7-14,17H,6,15-16H2,1-5H3,(H,24,28)/t17-/m0/s1. The molecule has 0 unspecified atom stereocenters. The van der Waals surface area contributed by atoms with E-state index in [2.05, 4.69) is 5.32 Å². The number of nitrogens with zero attached hydrogens (tertiary/aromatic N) is 2. The van der Waals surface area contributed by atoms with Gasteiger partial charge in [-0.25, -0.2) is 8.42 Å². The van der Waals surface area contributed by atoms with Gasteiger partial charge in [0.15, 0.2) is 0 Å². The molecule has 1 atom stereocenters. The SMILES string of the molecule is CCOc1ccccc1N(CC(=O)N(Cc1cccc(OC)c1)[C@@H](C)C(=O)NC)S(C)(=O)=O. The van der Waals surface area contributed by atoms with E-state index in [0.29, 0.717) is 18.1 Å². The van der Waals surface area contributed by atoms with Crippen LogP contribution in [0.4, 0.5) is 5.69 Å². The Balaban J connectivity index is 2.43. The van der Waals surface area contributed by atoms with Gasteiger partial charge in [0.1, 0.15) is 24.1 Å². The molecule has 2 aromatic carbocycles. The van der Waals surface area contributed by atoms with Crippen molar-refractivity contribution in [1.82, 2.24) is 10.2 Å². The number of hydrogen-bond acceptors (Lipinski definition) is 6. The van der Waals surface area contributed by atoms with E-state index in [-0.39, 0.29) is 18.1 Å². The van der Waals surface area contributed by atoms with Gasteiger partial charge in [-0.1, -0.05) is 24.3 Å². The van der Waals surface area contributed by atoms with Gasteiger partial charge in [0.2, 0.25) is 21.8 Å². The molecule has 0 aliphatic carbocycles. The van der Waals surface area contributed by atoms with Gasteiger partial charge in [0.25, 0.3) is 0 Å². The molecule has 2 rings (SSSR count). The highest BCUT2D eigenvalue weighted by molar-refractivity contribution is 7.92. The summed E-state index contributed by atoms with van der Waals surface area (Å²) < 4.78 is 37.1. The van der Waals surface area contributed by atoms with Gasteiger partial charge in [-0.3, -0.25) is 13.9 Å². The highest BCUT2D eigenvalue weighted by Gasteiger charge is 2.30. The van der Waals surface area contributed by atoms with Crippen molar-refractivity contribution in [1.29, 1.82) is 0 Å². The van der Waals surface area contributed by atoms with E-state index >= 15 is 0 Å². The zero-order valence-corrected chi connectivity index (χ0v) is 20.4. The number of para-hydroxylation sites is 2. The zero-order chi connectivity index (χ0) is 24.6. The van der Waals surface area contributed by atoms with Crippen LogP contribution >= 0.6 is 0 Å². The topological polar surface area (TPSA) is 105 Å². The van der Waals surface area contributed by atoms with E-state index in [0.717, 1.165) is 16.1 Å². The minimum atomic E-state index is -3.84. The Morgan fingerprint density at radius 1 is 1.12 bits per heavy atom. The first-order valence-corrected chi connectivity index (χ1v) is 12.3. The third-order valence-corrected chi connectivity index (χ3v) is 6.14. The molecule has 180 valence electrons. The first-order valence-electron chi connectivity index (χ1n) is 10.5. The summed E-state index contributed by atoms with van der Waals surface area (Å²) >= 11 is 0. The molecule has 0 fully saturated rings. The van der Waals surface area contributed by atoms with E-state index in [1.807, 2.05) is 0 Å². The fourth-order valence-electron chi connectivity index (χ4n) is 3.29. The van der Waals surface area contributed by atoms with Gasteiger partial charge in [-0.15, -0.1) is 0 Å². The number of rotatable bonds is 11. The molecule has 0 heterocycles. The molecule has 10 heteroatoms. The quantitative estimate of drug-likeness (QED) is 0.531. The van der Waals surface area contributed by atoms with Crippen molar-refractivity contribution in [2.45, 2.75) is 26.4 Å². The lowest BCUT2D eigenvalue weighted by Crippen LogP contribution is -2.50. The van der Waals surface area contributed by atoms with Crippen molar-refractivity contribution < 1.29 is 27.5 Å². The van der Waals surface area contributed by atoms with Crippen LogP contribution in [0.25, 0.3) is 0 Å². The summed E-state index contributed by atoms with van der Waals surface area (Å²) in [6.07, 6.45) is 1.03. The van der Waals surface area contributed by atoms with Crippen molar-refractivity contribution in [3.05, 3.63) is 54.1 Å². The molecule has 2 aromatic rings. The third-order valence-electron chi connectivity index (χ3n) is 5.01. The number of anilines is 1. The lowest BCUT2D eigenvalue weighted by molar-refractivity contribution is -0.139. The number of ether oxygens (including phenoxy) is 2. The molecule has 1 N–H and O–H groups in total. The Labute approximate surface area is 195 Å². The maximum Gasteiger partial charge on any atom is 0.244 e. The molecule has 2 amide bonds. The Morgan fingerprint density at radius 3 is 2.42 bits per heavy atom. The number of amides is 2. The minimum absolute atomic E-state index is 0.0926. The summed E-state index contributed by atoms with van der Waals surface area (Å²) in [5.41, 5.74) is 0.989. The van der Waals surface area contributed by atoms with Crippen LogP contribution in [0.3, 0.4) is 0 Å². The number of carbonyl (C=O) groups excluding carboxylic acids is 2. The molecule has 0 aliphatic rings. The zero-order valence-electron chi connectivity index (χ0n) is 19.6. The predicted molar refractivity (Wildman–Crippen MR) is 127 cm³/mol. The summed E-state index contributed by atoms with van der Waals surface area (Å²) in [6, 6.07) is 12.9. The van der Waals surface area contributed by atoms with Crippen LogP contribution in [0.1, 0.15) is 19.4 Å². The lowest BCUT2D eigenvalue weighted by atomic mass is 10.1. The molecule has 33 heavy (non-hydrogen) atoms. The summed E-state index contributed by atoms with van der Waals surface area (Å²) in [7, 11) is -0.820. The van der Waals surface area contributed by atoms with Crippen molar-refractivity contribution in [3.8, 4) is 11.5 Å². The predicted octanol–water partition coefficient (Wildman–Crippen LogP) is 2.02. The van der Waals surface area contributed by atoms with Crippen molar-refractivity contribution in [2.24, 2.45) is 0 Å². The summed E-state index contributed by atoms with van der Waals surface area (Å²) in [5, 5.41) is 2.54. The van der Waals surface area contributed by atoms with Gasteiger partial charge >= 0.3 is 0 Å². The summed E-state index contributed by atoms with van der Waals surface area (Å²) in [6.45, 7) is 3.31. The van der Waals surface area contributed by atoms with E-state index in [4.69, 9.17) is 9.47 Å². The lowest BCUT2D eigenvalue weighted by Gasteiger charge is -2.31. The van der Waals surface area contributed by atoms with Crippen LogP contribution in [0.5, 0.6) is 11.5 Å². The molecular formula is C23H31N3O6S. The Hall–Kier alpha value is -3.27. The summed E-state index contributed by atoms with van der Waals surface area (Å²) in [4.78, 5) is 27.2. The number of benzene rings is 2. The van der Waals surface area contributed by atoms with Crippen LogP contribution in [0, 0.1) is 0 Å². The molecular weight excluding hydrogens is 446 g/mol. The molecule has 0 saturated heterocycles. The van der Waals surface area contributed by atoms with E-state index in [1.54, 1.807) is 62.4 Å². The largest absolute Gasteiger partial charge is 0.497 e. The van der Waals surface area contributed by atoms with Crippen molar-refractivity contribution >= 4 is 27.5 Å². The number of methoxy groups -OCH3 is 1. The fourth-order valence-corrected chi connectivity index (χ4v) is 4.15. The second-order valence-corrected chi connectivity index (χ2v) is 9.24. The first-order chi connectivity index (χ1) is 15.6. The second kappa shape index (κ2) is 11.6. The van der Waals surface area contributed by atoms with Gasteiger partial charge in [-0.2, -0.15) is 0 Å². The van der Waals surface area contributed by atoms with E-state index < -0.39 is 28.5 Å². The molecule has 0 aromatic heterocycles. The van der Waals surface area contributed by atoms with E-state index in [9.17, 15) is 18.0 Å². The molecule has 0 bridgehead atoms. The number of carbonyl (C=O) groups is 2. The molecule has 0 radical (unpaired) electrons. The first kappa shape index (κ1) is 26.0. The number of likely N-dealkylation sites (N-methyl/N-ethyl adjacent to an activating group) is 1. The monoisotopic (exact) mass is 477 g/mol. The third kappa shape index (κ3) is 6.85. The molecule has 0 saturated carbocycles. The highest BCUT2D eigenvalue weighted by Crippen LogP contribution is 2.30. The van der Waals surface area contributed by atoms with Crippen LogP contribution in [0.15, 0.2) is 48.5 Å². The molecule has 0 aliphatic heterocycles. The van der Waals surface area contributed by atoms with Crippen molar-refractivity contribution in [3.63, 3.8) is 0 Å². The molecule has 9 nitrogen and oxygen atoms in total. The maximum atomic E-state index is 13.4. The Bertz CT molecular complexity index is 1070. The Morgan fingerprint density at radius 2 is 1.82 bits per heavy atom. The smallest absolute Gasteiger partial charge is 0.244 e. The normalized spacial score (nSPS) is 11.9. The fraction of sp³-hybridized carbons (Fsp3) is 0.391.